The Morgan fingerprint density at radius 3 is 3.05 bits per heavy atom. The van der Waals surface area contributed by atoms with E-state index in [4.69, 9.17) is 5.11 Å². The molecule has 6 heteroatoms. The number of hydrogen-bond acceptors (Lipinski definition) is 3. The molecule has 1 amide bonds. The second kappa shape index (κ2) is 4.38. The Balaban J connectivity index is 1.77. The zero-order valence-electron chi connectivity index (χ0n) is 10.2. The van der Waals surface area contributed by atoms with Gasteiger partial charge in [0, 0.05) is 38.1 Å². The van der Waals surface area contributed by atoms with Crippen molar-refractivity contribution in [3.8, 4) is 0 Å². The van der Waals surface area contributed by atoms with Gasteiger partial charge in [-0.3, -0.25) is 9.59 Å². The molecule has 1 aliphatic heterocycles. The highest BCUT2D eigenvalue weighted by atomic mass is 16.4. The second-order valence-corrected chi connectivity index (χ2v) is 4.74. The van der Waals surface area contributed by atoms with Crippen molar-refractivity contribution < 1.29 is 14.7 Å². The number of aromatic nitrogens is 2. The number of imidazole rings is 1. The van der Waals surface area contributed by atoms with Gasteiger partial charge in [-0.1, -0.05) is 6.07 Å². The number of aliphatic carboxylic acids is 1. The summed E-state index contributed by atoms with van der Waals surface area (Å²) in [6.45, 7) is 0.729. The molecular weight excluding hydrogens is 246 g/mol. The number of nitrogens with zero attached hydrogens (tertiary/aromatic N) is 3. The largest absolute Gasteiger partial charge is 0.481 e. The second-order valence-electron chi connectivity index (χ2n) is 4.74. The summed E-state index contributed by atoms with van der Waals surface area (Å²) in [5.41, 5.74) is 1.81. The van der Waals surface area contributed by atoms with E-state index in [2.05, 4.69) is 4.98 Å². The molecule has 2 aromatic rings. The summed E-state index contributed by atoms with van der Waals surface area (Å²) in [7, 11) is 0. The van der Waals surface area contributed by atoms with E-state index in [0.29, 0.717) is 6.54 Å². The summed E-state index contributed by atoms with van der Waals surface area (Å²) in [4.78, 5) is 28.4. The van der Waals surface area contributed by atoms with E-state index in [1.165, 1.54) is 0 Å². The van der Waals surface area contributed by atoms with Crippen LogP contribution in [-0.2, 0) is 16.1 Å². The first kappa shape index (κ1) is 11.7. The van der Waals surface area contributed by atoms with Crippen molar-refractivity contribution >= 4 is 17.5 Å². The van der Waals surface area contributed by atoms with Crippen LogP contribution >= 0.6 is 0 Å². The smallest absolute Gasteiger partial charge is 0.308 e. The predicted molar refractivity (Wildman–Crippen MR) is 66.4 cm³/mol. The van der Waals surface area contributed by atoms with E-state index in [1.807, 2.05) is 28.9 Å². The minimum atomic E-state index is -0.902. The number of amides is 1. The van der Waals surface area contributed by atoms with Crippen LogP contribution in [0.3, 0.4) is 0 Å². The number of carboxylic acids is 1. The van der Waals surface area contributed by atoms with Crippen LogP contribution in [0.1, 0.15) is 12.0 Å². The van der Waals surface area contributed by atoms with E-state index in [-0.39, 0.29) is 18.9 Å². The molecule has 0 spiro atoms. The molecule has 1 fully saturated rings. The molecule has 19 heavy (non-hydrogen) atoms. The Bertz CT molecular complexity index is 649. The quantitative estimate of drug-likeness (QED) is 0.883. The maximum Gasteiger partial charge on any atom is 0.308 e. The number of carbonyl (C=O) groups excluding carboxylic acids is 1. The van der Waals surface area contributed by atoms with Crippen LogP contribution in [0, 0.1) is 5.92 Å². The topological polar surface area (TPSA) is 74.9 Å². The van der Waals surface area contributed by atoms with Crippen molar-refractivity contribution in [3.63, 3.8) is 0 Å². The lowest BCUT2D eigenvalue weighted by atomic mass is 10.1. The minimum absolute atomic E-state index is 0.0990. The van der Waals surface area contributed by atoms with Gasteiger partial charge in [0.2, 0.25) is 5.91 Å². The van der Waals surface area contributed by atoms with Crippen molar-refractivity contribution in [1.29, 1.82) is 0 Å². The molecule has 6 nitrogen and oxygen atoms in total. The molecule has 2 aromatic heterocycles. The number of carbonyl (C=O) groups is 2. The Hall–Kier alpha value is -2.37. The first-order valence-corrected chi connectivity index (χ1v) is 6.05. The summed E-state index contributed by atoms with van der Waals surface area (Å²) in [5, 5.41) is 8.94. The average molecular weight is 259 g/mol. The fourth-order valence-electron chi connectivity index (χ4n) is 2.37. The monoisotopic (exact) mass is 259 g/mol. The highest BCUT2D eigenvalue weighted by Crippen LogP contribution is 2.20. The van der Waals surface area contributed by atoms with Crippen LogP contribution < -0.4 is 0 Å². The van der Waals surface area contributed by atoms with E-state index in [9.17, 15) is 9.59 Å². The number of fused-ring (bicyclic) bond motifs is 1. The molecule has 1 saturated heterocycles. The Morgan fingerprint density at radius 1 is 1.47 bits per heavy atom. The molecule has 98 valence electrons. The molecule has 0 bridgehead atoms. The van der Waals surface area contributed by atoms with Gasteiger partial charge >= 0.3 is 5.97 Å². The summed E-state index contributed by atoms with van der Waals surface area (Å²) in [5.74, 6) is -1.58. The maximum atomic E-state index is 11.8. The van der Waals surface area contributed by atoms with E-state index < -0.39 is 11.9 Å². The number of pyridine rings is 1. The first-order chi connectivity index (χ1) is 9.13. The van der Waals surface area contributed by atoms with Crippen LogP contribution in [0.5, 0.6) is 0 Å². The minimum Gasteiger partial charge on any atom is -0.481 e. The number of rotatable bonds is 3. The van der Waals surface area contributed by atoms with Gasteiger partial charge in [0.15, 0.2) is 0 Å². The predicted octanol–water partition coefficient (Wildman–Crippen LogP) is 0.767. The molecule has 3 heterocycles. The number of likely N-dealkylation sites (tertiary alicyclic amines) is 1. The van der Waals surface area contributed by atoms with Crippen molar-refractivity contribution in [3.05, 3.63) is 36.3 Å². The van der Waals surface area contributed by atoms with E-state index in [1.54, 1.807) is 11.1 Å². The molecule has 1 N–H and O–H groups in total. The molecule has 1 aliphatic rings. The molecule has 0 aromatic carbocycles. The van der Waals surface area contributed by atoms with E-state index >= 15 is 0 Å². The van der Waals surface area contributed by atoms with Crippen molar-refractivity contribution in [1.82, 2.24) is 14.3 Å². The molecule has 0 saturated carbocycles. The lowest BCUT2D eigenvalue weighted by Crippen LogP contribution is -2.25. The van der Waals surface area contributed by atoms with Gasteiger partial charge in [0.25, 0.3) is 0 Å². The summed E-state index contributed by atoms with van der Waals surface area (Å²) < 4.78 is 1.88. The fraction of sp³-hybridized carbons (Fsp3) is 0.308. The van der Waals surface area contributed by atoms with Gasteiger partial charge in [-0.05, 0) is 11.6 Å². The Kier molecular flexibility index (Phi) is 2.70. The normalized spacial score (nSPS) is 19.3. The summed E-state index contributed by atoms with van der Waals surface area (Å²) in [6.07, 6.45) is 5.55. The number of hydrogen-bond donors (Lipinski definition) is 1. The van der Waals surface area contributed by atoms with Crippen LogP contribution in [0.4, 0.5) is 0 Å². The van der Waals surface area contributed by atoms with E-state index in [0.717, 1.165) is 11.2 Å². The Labute approximate surface area is 109 Å². The van der Waals surface area contributed by atoms with Crippen molar-refractivity contribution in [2.45, 2.75) is 13.0 Å². The molecule has 1 unspecified atom stereocenters. The third-order valence-electron chi connectivity index (χ3n) is 3.39. The van der Waals surface area contributed by atoms with Crippen molar-refractivity contribution in [2.24, 2.45) is 5.92 Å². The average Bonchev–Trinajstić information content (AvgIpc) is 2.96. The Morgan fingerprint density at radius 2 is 2.32 bits per heavy atom. The third kappa shape index (κ3) is 2.16. The van der Waals surface area contributed by atoms with Crippen LogP contribution in [0.2, 0.25) is 0 Å². The third-order valence-corrected chi connectivity index (χ3v) is 3.39. The highest BCUT2D eigenvalue weighted by Gasteiger charge is 2.34. The fourth-order valence-corrected chi connectivity index (χ4v) is 2.37. The molecule has 1 atom stereocenters. The SMILES string of the molecule is O=C(O)C1CC(=O)N(Cc2ccc3nccn3c2)C1. The molecule has 0 aliphatic carbocycles. The van der Waals surface area contributed by atoms with Crippen molar-refractivity contribution in [2.75, 3.05) is 6.54 Å². The molecule has 3 rings (SSSR count). The van der Waals surface area contributed by atoms with Gasteiger partial charge in [0.1, 0.15) is 5.65 Å². The lowest BCUT2D eigenvalue weighted by Gasteiger charge is -2.16. The zero-order chi connectivity index (χ0) is 13.4. The standard InChI is InChI=1S/C13H13N3O3/c17-12-5-10(13(18)19)8-16(12)7-9-1-2-11-14-3-4-15(11)6-9/h1-4,6,10H,5,7-8H2,(H,18,19). The first-order valence-electron chi connectivity index (χ1n) is 6.05. The zero-order valence-corrected chi connectivity index (χ0v) is 10.2. The maximum absolute atomic E-state index is 11.8. The van der Waals surface area contributed by atoms with Gasteiger partial charge in [-0.2, -0.15) is 0 Å². The van der Waals surface area contributed by atoms with Gasteiger partial charge in [-0.25, -0.2) is 4.98 Å². The highest BCUT2D eigenvalue weighted by molar-refractivity contribution is 5.86. The van der Waals surface area contributed by atoms with Gasteiger partial charge < -0.3 is 14.4 Å². The van der Waals surface area contributed by atoms with Gasteiger partial charge in [0.05, 0.1) is 5.92 Å². The molecular formula is C13H13N3O3. The van der Waals surface area contributed by atoms with Crippen LogP contribution in [0.25, 0.3) is 5.65 Å². The summed E-state index contributed by atoms with van der Waals surface area (Å²) >= 11 is 0. The molecule has 0 radical (unpaired) electrons. The summed E-state index contributed by atoms with van der Waals surface area (Å²) in [6, 6.07) is 3.79. The number of carboxylic acid groups (broad SMARTS) is 1. The van der Waals surface area contributed by atoms with Gasteiger partial charge in [-0.15, -0.1) is 0 Å². The van der Waals surface area contributed by atoms with Crippen LogP contribution in [-0.4, -0.2) is 37.8 Å². The lowest BCUT2D eigenvalue weighted by molar-refractivity contribution is -0.141. The van der Waals surface area contributed by atoms with Crippen LogP contribution in [0.15, 0.2) is 30.7 Å².